The van der Waals surface area contributed by atoms with E-state index in [1.165, 1.54) is 36.8 Å². The molecule has 0 amide bonds. The Kier molecular flexibility index (Phi) is 3.82. The minimum atomic E-state index is 0.0169. The lowest BCUT2D eigenvalue weighted by atomic mass is 9.81. The molecule has 1 saturated carbocycles. The first-order valence-corrected chi connectivity index (χ1v) is 7.23. The van der Waals surface area contributed by atoms with Crippen molar-refractivity contribution in [2.75, 3.05) is 0 Å². The Morgan fingerprint density at radius 1 is 1.00 bits per heavy atom. The van der Waals surface area contributed by atoms with E-state index in [1.54, 1.807) is 0 Å². The fourth-order valence-corrected chi connectivity index (χ4v) is 3.05. The lowest BCUT2D eigenvalue weighted by Gasteiger charge is -2.29. The SMILES string of the molecule is Cc1ccc(CC2(N)CCCC(C)(C)CC2)cc1. The molecule has 0 aromatic heterocycles. The van der Waals surface area contributed by atoms with Crippen LogP contribution in [-0.2, 0) is 6.42 Å². The van der Waals surface area contributed by atoms with Crippen molar-refractivity contribution in [3.05, 3.63) is 35.4 Å². The van der Waals surface area contributed by atoms with E-state index in [1.807, 2.05) is 0 Å². The van der Waals surface area contributed by atoms with E-state index < -0.39 is 0 Å². The van der Waals surface area contributed by atoms with Crippen molar-refractivity contribution < 1.29 is 0 Å². The topological polar surface area (TPSA) is 26.0 Å². The van der Waals surface area contributed by atoms with Crippen LogP contribution in [0.3, 0.4) is 0 Å². The second kappa shape index (κ2) is 5.05. The largest absolute Gasteiger partial charge is 0.325 e. The molecule has 1 unspecified atom stereocenters. The molecule has 1 atom stereocenters. The quantitative estimate of drug-likeness (QED) is 0.775. The van der Waals surface area contributed by atoms with Gasteiger partial charge in [0.2, 0.25) is 0 Å². The van der Waals surface area contributed by atoms with Crippen LogP contribution in [0.5, 0.6) is 0 Å². The van der Waals surface area contributed by atoms with Crippen LogP contribution in [0.15, 0.2) is 24.3 Å². The van der Waals surface area contributed by atoms with Gasteiger partial charge in [-0.25, -0.2) is 0 Å². The first-order valence-electron chi connectivity index (χ1n) is 7.23. The highest BCUT2D eigenvalue weighted by Crippen LogP contribution is 2.38. The number of hydrogen-bond donors (Lipinski definition) is 1. The molecule has 1 fully saturated rings. The van der Waals surface area contributed by atoms with E-state index >= 15 is 0 Å². The molecule has 1 nitrogen and oxygen atoms in total. The van der Waals surface area contributed by atoms with Crippen LogP contribution < -0.4 is 5.73 Å². The van der Waals surface area contributed by atoms with Crippen molar-refractivity contribution in [2.45, 2.75) is 64.8 Å². The predicted molar refractivity (Wildman–Crippen MR) is 78.7 cm³/mol. The highest BCUT2D eigenvalue weighted by molar-refractivity contribution is 5.23. The van der Waals surface area contributed by atoms with Crippen molar-refractivity contribution in [1.29, 1.82) is 0 Å². The zero-order valence-electron chi connectivity index (χ0n) is 12.1. The van der Waals surface area contributed by atoms with Crippen molar-refractivity contribution in [2.24, 2.45) is 11.1 Å². The molecule has 0 heterocycles. The predicted octanol–water partition coefficient (Wildman–Crippen LogP) is 4.23. The summed E-state index contributed by atoms with van der Waals surface area (Å²) in [5.74, 6) is 0. The van der Waals surface area contributed by atoms with Gasteiger partial charge in [-0.3, -0.25) is 0 Å². The van der Waals surface area contributed by atoms with Gasteiger partial charge in [0.25, 0.3) is 0 Å². The number of rotatable bonds is 2. The smallest absolute Gasteiger partial charge is 0.0195 e. The Hall–Kier alpha value is -0.820. The summed E-state index contributed by atoms with van der Waals surface area (Å²) in [6, 6.07) is 8.86. The molecule has 0 aliphatic heterocycles. The summed E-state index contributed by atoms with van der Waals surface area (Å²) in [5, 5.41) is 0. The summed E-state index contributed by atoms with van der Waals surface area (Å²) in [7, 11) is 0. The summed E-state index contributed by atoms with van der Waals surface area (Å²) in [6.45, 7) is 6.89. The number of hydrogen-bond acceptors (Lipinski definition) is 1. The molecule has 1 heteroatoms. The second-order valence-corrected chi connectivity index (χ2v) is 7.04. The van der Waals surface area contributed by atoms with Gasteiger partial charge in [-0.1, -0.05) is 50.1 Å². The first kappa shape index (κ1) is 13.6. The van der Waals surface area contributed by atoms with E-state index in [2.05, 4.69) is 45.0 Å². The third kappa shape index (κ3) is 3.58. The lowest BCUT2D eigenvalue weighted by molar-refractivity contribution is 0.297. The molecule has 1 aromatic rings. The summed E-state index contributed by atoms with van der Waals surface area (Å²) < 4.78 is 0. The monoisotopic (exact) mass is 245 g/mol. The van der Waals surface area contributed by atoms with Gasteiger partial charge in [-0.2, -0.15) is 0 Å². The molecule has 1 aliphatic rings. The zero-order chi connectivity index (χ0) is 13.2. The molecule has 1 aromatic carbocycles. The second-order valence-electron chi connectivity index (χ2n) is 7.04. The first-order chi connectivity index (χ1) is 8.39. The summed E-state index contributed by atoms with van der Waals surface area (Å²) in [6.07, 6.45) is 7.21. The molecular weight excluding hydrogens is 218 g/mol. The molecule has 0 spiro atoms. The Morgan fingerprint density at radius 3 is 2.33 bits per heavy atom. The van der Waals surface area contributed by atoms with Crippen molar-refractivity contribution >= 4 is 0 Å². The number of aryl methyl sites for hydroxylation is 1. The van der Waals surface area contributed by atoms with Crippen LogP contribution in [0.4, 0.5) is 0 Å². The number of benzene rings is 1. The Morgan fingerprint density at radius 2 is 1.67 bits per heavy atom. The maximum absolute atomic E-state index is 6.65. The van der Waals surface area contributed by atoms with Gasteiger partial charge in [0, 0.05) is 5.54 Å². The molecular formula is C17H27N. The van der Waals surface area contributed by atoms with Crippen LogP contribution in [0.25, 0.3) is 0 Å². The molecule has 0 bridgehead atoms. The minimum Gasteiger partial charge on any atom is -0.325 e. The van der Waals surface area contributed by atoms with Crippen molar-refractivity contribution in [1.82, 2.24) is 0 Å². The number of nitrogens with two attached hydrogens (primary N) is 1. The minimum absolute atomic E-state index is 0.0169. The Bertz CT molecular complexity index is 391. The Labute approximate surface area is 112 Å². The summed E-state index contributed by atoms with van der Waals surface area (Å²) in [5.41, 5.74) is 9.86. The summed E-state index contributed by atoms with van der Waals surface area (Å²) >= 11 is 0. The lowest BCUT2D eigenvalue weighted by Crippen LogP contribution is -2.41. The van der Waals surface area contributed by atoms with Crippen LogP contribution in [0.2, 0.25) is 0 Å². The van der Waals surface area contributed by atoms with Crippen molar-refractivity contribution in [3.63, 3.8) is 0 Å². The maximum atomic E-state index is 6.65. The van der Waals surface area contributed by atoms with E-state index in [9.17, 15) is 0 Å². The molecule has 0 radical (unpaired) electrons. The fourth-order valence-electron chi connectivity index (χ4n) is 3.05. The van der Waals surface area contributed by atoms with Crippen LogP contribution in [0.1, 0.15) is 57.1 Å². The van der Waals surface area contributed by atoms with E-state index in [-0.39, 0.29) is 5.54 Å². The molecule has 1 aliphatic carbocycles. The Balaban J connectivity index is 2.05. The molecule has 100 valence electrons. The third-order valence-electron chi connectivity index (χ3n) is 4.50. The van der Waals surface area contributed by atoms with Crippen LogP contribution in [-0.4, -0.2) is 5.54 Å². The van der Waals surface area contributed by atoms with Crippen LogP contribution >= 0.6 is 0 Å². The molecule has 2 rings (SSSR count). The fraction of sp³-hybridized carbons (Fsp3) is 0.647. The van der Waals surface area contributed by atoms with Gasteiger partial charge in [0.05, 0.1) is 0 Å². The highest BCUT2D eigenvalue weighted by atomic mass is 14.7. The standard InChI is InChI=1S/C17H27N/c1-14-5-7-15(8-6-14)13-17(18)10-4-9-16(2,3)11-12-17/h5-8H,4,9-13,18H2,1-3H3. The molecule has 18 heavy (non-hydrogen) atoms. The van der Waals surface area contributed by atoms with E-state index in [4.69, 9.17) is 5.73 Å². The van der Waals surface area contributed by atoms with Gasteiger partial charge in [0.1, 0.15) is 0 Å². The van der Waals surface area contributed by atoms with E-state index in [0.29, 0.717) is 5.41 Å². The average molecular weight is 245 g/mol. The van der Waals surface area contributed by atoms with Gasteiger partial charge < -0.3 is 5.73 Å². The average Bonchev–Trinajstić information content (AvgIpc) is 2.42. The van der Waals surface area contributed by atoms with Gasteiger partial charge in [0.15, 0.2) is 0 Å². The van der Waals surface area contributed by atoms with E-state index in [0.717, 1.165) is 12.8 Å². The zero-order valence-corrected chi connectivity index (χ0v) is 12.1. The molecule has 2 N–H and O–H groups in total. The third-order valence-corrected chi connectivity index (χ3v) is 4.50. The van der Waals surface area contributed by atoms with Gasteiger partial charge in [-0.15, -0.1) is 0 Å². The normalized spacial score (nSPS) is 27.8. The maximum Gasteiger partial charge on any atom is 0.0195 e. The van der Waals surface area contributed by atoms with Gasteiger partial charge >= 0.3 is 0 Å². The van der Waals surface area contributed by atoms with Crippen LogP contribution in [0, 0.1) is 12.3 Å². The van der Waals surface area contributed by atoms with Gasteiger partial charge in [-0.05, 0) is 50.0 Å². The van der Waals surface area contributed by atoms with Crippen molar-refractivity contribution in [3.8, 4) is 0 Å². The highest BCUT2D eigenvalue weighted by Gasteiger charge is 2.32. The summed E-state index contributed by atoms with van der Waals surface area (Å²) in [4.78, 5) is 0. The molecule has 0 saturated heterocycles.